The number of sulfonamides is 1. The molecule has 0 aliphatic carbocycles. The Bertz CT molecular complexity index is 1290. The van der Waals surface area contributed by atoms with Crippen LogP contribution in [0.4, 0.5) is 0 Å². The Hall–Kier alpha value is -3.49. The molecule has 3 aromatic carbocycles. The van der Waals surface area contributed by atoms with Crippen LogP contribution in [-0.2, 0) is 16.6 Å². The Morgan fingerprint density at radius 3 is 2.39 bits per heavy atom. The molecule has 7 nitrogen and oxygen atoms in total. The minimum Gasteiger partial charge on any atom is -0.355 e. The van der Waals surface area contributed by atoms with E-state index in [0.29, 0.717) is 16.8 Å². The van der Waals surface area contributed by atoms with Crippen molar-refractivity contribution in [2.45, 2.75) is 6.54 Å². The highest BCUT2D eigenvalue weighted by atomic mass is 32.2. The van der Waals surface area contributed by atoms with E-state index in [9.17, 15) is 13.2 Å². The van der Waals surface area contributed by atoms with Crippen molar-refractivity contribution in [2.75, 3.05) is 12.3 Å². The van der Waals surface area contributed by atoms with Gasteiger partial charge in [0.15, 0.2) is 5.76 Å². The Kier molecular flexibility index (Phi) is 6.11. The summed E-state index contributed by atoms with van der Waals surface area (Å²) in [6.45, 7) is 0.208. The number of hydrogen-bond acceptors (Lipinski definition) is 5. The van der Waals surface area contributed by atoms with Gasteiger partial charge in [0.25, 0.3) is 5.91 Å². The third kappa shape index (κ3) is 5.17. The summed E-state index contributed by atoms with van der Waals surface area (Å²) in [5, 5.41) is 7.42. The van der Waals surface area contributed by atoms with Gasteiger partial charge in [-0.15, -0.1) is 0 Å². The molecule has 8 heteroatoms. The molecule has 4 rings (SSSR count). The molecule has 0 saturated carbocycles. The van der Waals surface area contributed by atoms with E-state index in [1.54, 1.807) is 18.2 Å². The van der Waals surface area contributed by atoms with Gasteiger partial charge in [-0.25, -0.2) is 13.1 Å². The smallest absolute Gasteiger partial charge is 0.251 e. The summed E-state index contributed by atoms with van der Waals surface area (Å²) >= 11 is 0. The molecule has 0 saturated heterocycles. The molecule has 1 amide bonds. The quantitative estimate of drug-likeness (QED) is 0.442. The van der Waals surface area contributed by atoms with Crippen LogP contribution in [0.2, 0.25) is 0 Å². The Morgan fingerprint density at radius 1 is 0.935 bits per heavy atom. The molecule has 1 heterocycles. The molecule has 0 atom stereocenters. The lowest BCUT2D eigenvalue weighted by molar-refractivity contribution is 0.0956. The second-order valence-corrected chi connectivity index (χ2v) is 8.92. The minimum atomic E-state index is -3.52. The van der Waals surface area contributed by atoms with Gasteiger partial charge in [-0.05, 0) is 23.8 Å². The highest BCUT2D eigenvalue weighted by Gasteiger charge is 2.15. The zero-order chi connectivity index (χ0) is 21.7. The van der Waals surface area contributed by atoms with Crippen LogP contribution in [0.25, 0.3) is 22.2 Å². The third-order valence-corrected chi connectivity index (χ3v) is 6.10. The number of nitrogens with zero attached hydrogens (tertiary/aromatic N) is 1. The standard InChI is InChI=1S/C23H21N3O4S/c27-23(24-13-14-31(28,29)25-16-17-7-3-1-4-8-17)19-11-12-21-20(15-19)22(30-26-21)18-9-5-2-6-10-18/h1-12,15,25H,13-14,16H2,(H,24,27). The average Bonchev–Trinajstić information content (AvgIpc) is 3.22. The van der Waals surface area contributed by atoms with E-state index in [0.717, 1.165) is 16.5 Å². The summed E-state index contributed by atoms with van der Waals surface area (Å²) in [4.78, 5) is 12.5. The van der Waals surface area contributed by atoms with Gasteiger partial charge in [0.05, 0.1) is 11.1 Å². The van der Waals surface area contributed by atoms with Crippen LogP contribution in [0.3, 0.4) is 0 Å². The highest BCUT2D eigenvalue weighted by molar-refractivity contribution is 7.89. The predicted octanol–water partition coefficient (Wildman–Crippen LogP) is 3.34. The number of aromatic nitrogens is 1. The van der Waals surface area contributed by atoms with Crippen LogP contribution >= 0.6 is 0 Å². The number of fused-ring (bicyclic) bond motifs is 1. The van der Waals surface area contributed by atoms with Crippen molar-refractivity contribution in [3.05, 3.63) is 90.0 Å². The molecule has 0 fully saturated rings. The molecule has 158 valence electrons. The summed E-state index contributed by atoms with van der Waals surface area (Å²) in [6.07, 6.45) is 0. The first-order valence-corrected chi connectivity index (χ1v) is 11.4. The number of carbonyl (C=O) groups excluding carboxylic acids is 1. The lowest BCUT2D eigenvalue weighted by Crippen LogP contribution is -2.34. The monoisotopic (exact) mass is 435 g/mol. The fourth-order valence-electron chi connectivity index (χ4n) is 3.14. The van der Waals surface area contributed by atoms with Crippen molar-refractivity contribution in [3.8, 4) is 11.3 Å². The second kappa shape index (κ2) is 9.11. The maximum absolute atomic E-state index is 12.5. The zero-order valence-electron chi connectivity index (χ0n) is 16.6. The van der Waals surface area contributed by atoms with E-state index in [2.05, 4.69) is 15.2 Å². The normalized spacial score (nSPS) is 11.5. The number of amides is 1. The van der Waals surface area contributed by atoms with Crippen molar-refractivity contribution < 1.29 is 17.7 Å². The zero-order valence-corrected chi connectivity index (χ0v) is 17.4. The number of rotatable bonds is 8. The first kappa shape index (κ1) is 20.8. The Balaban J connectivity index is 1.38. The maximum atomic E-state index is 12.5. The highest BCUT2D eigenvalue weighted by Crippen LogP contribution is 2.29. The molecule has 0 spiro atoms. The van der Waals surface area contributed by atoms with Crippen molar-refractivity contribution in [3.63, 3.8) is 0 Å². The molecule has 1 aromatic heterocycles. The molecular formula is C23H21N3O4S. The predicted molar refractivity (Wildman–Crippen MR) is 119 cm³/mol. The van der Waals surface area contributed by atoms with Crippen LogP contribution in [0.5, 0.6) is 0 Å². The summed E-state index contributed by atoms with van der Waals surface area (Å²) in [5.74, 6) is 0.00870. The lowest BCUT2D eigenvalue weighted by atomic mass is 10.1. The van der Waals surface area contributed by atoms with Crippen LogP contribution in [-0.4, -0.2) is 31.8 Å². The van der Waals surface area contributed by atoms with Crippen LogP contribution < -0.4 is 10.0 Å². The van der Waals surface area contributed by atoms with Crippen LogP contribution in [0.1, 0.15) is 15.9 Å². The molecule has 2 N–H and O–H groups in total. The van der Waals surface area contributed by atoms with Gasteiger partial charge in [0, 0.05) is 24.2 Å². The number of hydrogen-bond donors (Lipinski definition) is 2. The van der Waals surface area contributed by atoms with Gasteiger partial charge in [-0.1, -0.05) is 65.8 Å². The minimum absolute atomic E-state index is 0.00380. The van der Waals surface area contributed by atoms with Gasteiger partial charge in [0.1, 0.15) is 5.52 Å². The van der Waals surface area contributed by atoms with E-state index in [4.69, 9.17) is 4.52 Å². The second-order valence-electron chi connectivity index (χ2n) is 6.99. The van der Waals surface area contributed by atoms with Crippen molar-refractivity contribution in [1.29, 1.82) is 0 Å². The number of nitrogens with one attached hydrogen (secondary N) is 2. The molecule has 31 heavy (non-hydrogen) atoms. The fourth-order valence-corrected chi connectivity index (χ4v) is 4.04. The van der Waals surface area contributed by atoms with Crippen LogP contribution in [0.15, 0.2) is 83.4 Å². The summed E-state index contributed by atoms with van der Waals surface area (Å²) < 4.78 is 32.4. The van der Waals surface area contributed by atoms with E-state index in [1.807, 2.05) is 60.7 Å². The topological polar surface area (TPSA) is 101 Å². The number of benzene rings is 3. The molecule has 0 aliphatic heterocycles. The number of carbonyl (C=O) groups is 1. The molecule has 4 aromatic rings. The SMILES string of the molecule is O=C(NCCS(=O)(=O)NCc1ccccc1)c1ccc2noc(-c3ccccc3)c2c1. The third-order valence-electron chi connectivity index (χ3n) is 4.77. The fraction of sp³-hybridized carbons (Fsp3) is 0.130. The Morgan fingerprint density at radius 2 is 1.65 bits per heavy atom. The van der Waals surface area contributed by atoms with Gasteiger partial charge in [-0.3, -0.25) is 4.79 Å². The van der Waals surface area contributed by atoms with Crippen molar-refractivity contribution >= 4 is 26.8 Å². The van der Waals surface area contributed by atoms with Crippen molar-refractivity contribution in [2.24, 2.45) is 0 Å². The van der Waals surface area contributed by atoms with Gasteiger partial charge in [0.2, 0.25) is 10.0 Å². The molecular weight excluding hydrogens is 414 g/mol. The van der Waals surface area contributed by atoms with Gasteiger partial charge >= 0.3 is 0 Å². The molecule has 0 aliphatic rings. The Labute approximate surface area is 180 Å². The van der Waals surface area contributed by atoms with E-state index < -0.39 is 10.0 Å². The summed E-state index contributed by atoms with van der Waals surface area (Å²) in [7, 11) is -3.52. The van der Waals surface area contributed by atoms with Gasteiger partial charge in [-0.2, -0.15) is 0 Å². The maximum Gasteiger partial charge on any atom is 0.251 e. The molecule has 0 radical (unpaired) electrons. The first-order chi connectivity index (χ1) is 15.0. The van der Waals surface area contributed by atoms with Gasteiger partial charge < -0.3 is 9.84 Å². The molecule has 0 bridgehead atoms. The van der Waals surface area contributed by atoms with E-state index >= 15 is 0 Å². The summed E-state index contributed by atoms with van der Waals surface area (Å²) in [5.41, 5.74) is 2.77. The van der Waals surface area contributed by atoms with Crippen molar-refractivity contribution in [1.82, 2.24) is 15.2 Å². The van der Waals surface area contributed by atoms with Crippen LogP contribution in [0, 0.1) is 0 Å². The van der Waals surface area contributed by atoms with E-state index in [1.165, 1.54) is 0 Å². The largest absolute Gasteiger partial charge is 0.355 e. The lowest BCUT2D eigenvalue weighted by Gasteiger charge is -2.08. The van der Waals surface area contributed by atoms with E-state index in [-0.39, 0.29) is 24.7 Å². The first-order valence-electron chi connectivity index (χ1n) is 9.76. The average molecular weight is 436 g/mol. The molecule has 0 unspecified atom stereocenters. The summed E-state index contributed by atoms with van der Waals surface area (Å²) in [6, 6.07) is 23.8.